The lowest BCUT2D eigenvalue weighted by Crippen LogP contribution is -2.40. The second kappa shape index (κ2) is 5.33. The van der Waals surface area contributed by atoms with Crippen LogP contribution in [-0.2, 0) is 11.2 Å². The second-order valence-electron chi connectivity index (χ2n) is 5.88. The highest BCUT2D eigenvalue weighted by molar-refractivity contribution is 5.84. The molecule has 1 aromatic carbocycles. The zero-order valence-corrected chi connectivity index (χ0v) is 11.1. The molecule has 102 valence electrons. The van der Waals surface area contributed by atoms with Gasteiger partial charge in [-0.05, 0) is 49.1 Å². The monoisotopic (exact) mass is 259 g/mol. The van der Waals surface area contributed by atoms with Crippen molar-refractivity contribution in [1.29, 1.82) is 0 Å². The van der Waals surface area contributed by atoms with Crippen LogP contribution in [0.25, 0.3) is 0 Å². The van der Waals surface area contributed by atoms with Gasteiger partial charge in [0.1, 0.15) is 0 Å². The highest BCUT2D eigenvalue weighted by atomic mass is 16.3. The summed E-state index contributed by atoms with van der Waals surface area (Å²) in [7, 11) is 0. The van der Waals surface area contributed by atoms with Gasteiger partial charge in [0.05, 0.1) is 12.0 Å². The Hall–Kier alpha value is -1.35. The van der Waals surface area contributed by atoms with Gasteiger partial charge in [0, 0.05) is 6.54 Å². The van der Waals surface area contributed by atoms with Gasteiger partial charge in [0.25, 0.3) is 0 Å². The Kier molecular flexibility index (Phi) is 3.56. The number of hydrogen-bond acceptors (Lipinski definition) is 2. The van der Waals surface area contributed by atoms with E-state index in [9.17, 15) is 9.90 Å². The van der Waals surface area contributed by atoms with Gasteiger partial charge in [-0.3, -0.25) is 4.79 Å². The van der Waals surface area contributed by atoms with E-state index in [1.54, 1.807) is 0 Å². The van der Waals surface area contributed by atoms with Crippen molar-refractivity contribution in [2.24, 2.45) is 5.92 Å². The van der Waals surface area contributed by atoms with Crippen LogP contribution < -0.4 is 5.32 Å². The number of carbonyl (C=O) groups is 1. The van der Waals surface area contributed by atoms with Crippen molar-refractivity contribution in [1.82, 2.24) is 5.32 Å². The summed E-state index contributed by atoms with van der Waals surface area (Å²) in [4.78, 5) is 12.3. The fourth-order valence-electron chi connectivity index (χ4n) is 3.26. The molecule has 19 heavy (non-hydrogen) atoms. The lowest BCUT2D eigenvalue weighted by atomic mass is 9.81. The summed E-state index contributed by atoms with van der Waals surface area (Å²) >= 11 is 0. The van der Waals surface area contributed by atoms with E-state index in [0.29, 0.717) is 12.5 Å². The molecule has 0 spiro atoms. The number of aliphatic hydroxyl groups is 1. The molecule has 3 heteroatoms. The summed E-state index contributed by atoms with van der Waals surface area (Å²) in [6.07, 6.45) is 4.67. The summed E-state index contributed by atoms with van der Waals surface area (Å²) in [5, 5.41) is 12.3. The van der Waals surface area contributed by atoms with Crippen molar-refractivity contribution in [3.8, 4) is 0 Å². The van der Waals surface area contributed by atoms with Gasteiger partial charge in [-0.2, -0.15) is 0 Å². The third kappa shape index (κ3) is 2.66. The average molecular weight is 259 g/mol. The zero-order valence-electron chi connectivity index (χ0n) is 11.1. The van der Waals surface area contributed by atoms with E-state index in [1.807, 2.05) is 6.07 Å². The fourth-order valence-corrected chi connectivity index (χ4v) is 3.26. The van der Waals surface area contributed by atoms with Crippen molar-refractivity contribution in [2.75, 3.05) is 6.54 Å². The Morgan fingerprint density at radius 1 is 1.32 bits per heavy atom. The molecule has 1 fully saturated rings. The van der Waals surface area contributed by atoms with Crippen LogP contribution in [0.1, 0.15) is 42.7 Å². The molecule has 0 radical (unpaired) electrons. The first-order valence-corrected chi connectivity index (χ1v) is 7.27. The minimum absolute atomic E-state index is 0.0231. The quantitative estimate of drug-likeness (QED) is 0.872. The summed E-state index contributed by atoms with van der Waals surface area (Å²) in [6, 6.07) is 8.30. The molecule has 0 saturated heterocycles. The number of carbonyl (C=O) groups excluding carboxylic acids is 1. The van der Waals surface area contributed by atoms with E-state index < -0.39 is 0 Å². The molecule has 1 saturated carbocycles. The van der Waals surface area contributed by atoms with Gasteiger partial charge in [0.2, 0.25) is 5.91 Å². The molecule has 3 rings (SSSR count). The van der Waals surface area contributed by atoms with Crippen molar-refractivity contribution in [3.05, 3.63) is 35.4 Å². The first-order chi connectivity index (χ1) is 9.24. The Bertz CT molecular complexity index is 466. The van der Waals surface area contributed by atoms with Gasteiger partial charge >= 0.3 is 0 Å². The maximum Gasteiger partial charge on any atom is 0.227 e. The van der Waals surface area contributed by atoms with Gasteiger partial charge < -0.3 is 10.4 Å². The lowest BCUT2D eigenvalue weighted by Gasteiger charge is -2.32. The molecule has 1 amide bonds. The van der Waals surface area contributed by atoms with E-state index in [-0.39, 0.29) is 17.9 Å². The van der Waals surface area contributed by atoms with Crippen LogP contribution in [0, 0.1) is 5.92 Å². The van der Waals surface area contributed by atoms with Crippen LogP contribution in [0.5, 0.6) is 0 Å². The van der Waals surface area contributed by atoms with Crippen molar-refractivity contribution >= 4 is 5.91 Å². The summed E-state index contributed by atoms with van der Waals surface area (Å²) in [5.41, 5.74) is 2.54. The predicted molar refractivity (Wildman–Crippen MR) is 73.9 cm³/mol. The number of nitrogens with one attached hydrogen (secondary N) is 1. The van der Waals surface area contributed by atoms with Crippen LogP contribution in [0.3, 0.4) is 0 Å². The highest BCUT2D eigenvalue weighted by Gasteiger charge is 2.30. The van der Waals surface area contributed by atoms with Crippen molar-refractivity contribution in [3.63, 3.8) is 0 Å². The Balaban J connectivity index is 1.61. The number of benzene rings is 1. The first-order valence-electron chi connectivity index (χ1n) is 7.27. The molecule has 1 unspecified atom stereocenters. The average Bonchev–Trinajstić information content (AvgIpc) is 2.41. The van der Waals surface area contributed by atoms with E-state index in [1.165, 1.54) is 11.1 Å². The fraction of sp³-hybridized carbons (Fsp3) is 0.562. The van der Waals surface area contributed by atoms with E-state index >= 15 is 0 Å². The molecule has 2 aliphatic rings. The summed E-state index contributed by atoms with van der Waals surface area (Å²) in [6.45, 7) is 0.717. The molecular weight excluding hydrogens is 238 g/mol. The lowest BCUT2D eigenvalue weighted by molar-refractivity contribution is -0.123. The van der Waals surface area contributed by atoms with Gasteiger partial charge in [-0.25, -0.2) is 0 Å². The molecule has 1 aromatic rings. The molecular formula is C16H21NO2. The van der Waals surface area contributed by atoms with E-state index in [0.717, 1.165) is 32.1 Å². The predicted octanol–water partition coefficient (Wildman–Crippen LogP) is 1.99. The third-order valence-corrected chi connectivity index (χ3v) is 4.46. The minimum Gasteiger partial charge on any atom is -0.393 e. The molecule has 3 nitrogen and oxygen atoms in total. The van der Waals surface area contributed by atoms with E-state index in [2.05, 4.69) is 23.5 Å². The Labute approximate surface area is 114 Å². The topological polar surface area (TPSA) is 49.3 Å². The number of fused-ring (bicyclic) bond motifs is 1. The van der Waals surface area contributed by atoms with Crippen molar-refractivity contribution < 1.29 is 9.90 Å². The Morgan fingerprint density at radius 2 is 2.11 bits per heavy atom. The highest BCUT2D eigenvalue weighted by Crippen LogP contribution is 2.32. The number of aryl methyl sites for hydroxylation is 1. The number of rotatable bonds is 3. The first kappa shape index (κ1) is 12.7. The van der Waals surface area contributed by atoms with Gasteiger partial charge in [-0.15, -0.1) is 0 Å². The molecule has 2 N–H and O–H groups in total. The number of hydrogen-bond donors (Lipinski definition) is 2. The largest absolute Gasteiger partial charge is 0.393 e. The second-order valence-corrected chi connectivity index (χ2v) is 5.88. The minimum atomic E-state index is -0.141. The van der Waals surface area contributed by atoms with Crippen LogP contribution in [0.2, 0.25) is 0 Å². The molecule has 0 aromatic heterocycles. The molecule has 0 heterocycles. The SMILES string of the molecule is O=C(NCC1CC(O)C1)C1CCCc2ccccc21. The number of aliphatic hydroxyl groups excluding tert-OH is 1. The Morgan fingerprint density at radius 3 is 2.89 bits per heavy atom. The van der Waals surface area contributed by atoms with Crippen molar-refractivity contribution in [2.45, 2.75) is 44.1 Å². The van der Waals surface area contributed by atoms with Crippen LogP contribution in [0.4, 0.5) is 0 Å². The van der Waals surface area contributed by atoms with E-state index in [4.69, 9.17) is 0 Å². The smallest absolute Gasteiger partial charge is 0.227 e. The molecule has 0 aliphatic heterocycles. The molecule has 1 atom stereocenters. The third-order valence-electron chi connectivity index (χ3n) is 4.46. The maximum atomic E-state index is 12.3. The van der Waals surface area contributed by atoms with Crippen LogP contribution >= 0.6 is 0 Å². The van der Waals surface area contributed by atoms with Gasteiger partial charge in [0.15, 0.2) is 0 Å². The molecule has 0 bridgehead atoms. The van der Waals surface area contributed by atoms with Crippen LogP contribution in [0.15, 0.2) is 24.3 Å². The number of amides is 1. The van der Waals surface area contributed by atoms with Crippen LogP contribution in [-0.4, -0.2) is 23.7 Å². The maximum absolute atomic E-state index is 12.3. The normalized spacial score (nSPS) is 29.2. The summed E-state index contributed by atoms with van der Waals surface area (Å²) in [5.74, 6) is 0.654. The zero-order chi connectivity index (χ0) is 13.2. The standard InChI is InChI=1S/C16H21NO2/c18-13-8-11(9-13)10-17-16(19)15-7-3-5-12-4-1-2-6-14(12)15/h1-2,4,6,11,13,15,18H,3,5,7-10H2,(H,17,19). The van der Waals surface area contributed by atoms with Gasteiger partial charge in [-0.1, -0.05) is 24.3 Å². The molecule has 2 aliphatic carbocycles. The summed E-state index contributed by atoms with van der Waals surface area (Å²) < 4.78 is 0.